The Kier molecular flexibility index (Phi) is 6.50. The van der Waals surface area contributed by atoms with Crippen molar-refractivity contribution >= 4 is 19.2 Å². The van der Waals surface area contributed by atoms with Crippen molar-refractivity contribution in [3.05, 3.63) is 30.3 Å². The van der Waals surface area contributed by atoms with Crippen LogP contribution in [0, 0.1) is 0 Å². The molecule has 0 radical (unpaired) electrons. The Morgan fingerprint density at radius 1 is 1.06 bits per heavy atom. The number of esters is 1. The molecule has 1 aromatic carbocycles. The highest BCUT2D eigenvalue weighted by molar-refractivity contribution is 6.91. The van der Waals surface area contributed by atoms with Gasteiger partial charge in [-0.3, -0.25) is 0 Å². The highest BCUT2D eigenvalue weighted by atomic mass is 28.3. The number of methoxy groups -OCH3 is 1. The second kappa shape index (κ2) is 8.88. The number of fused-ring (bicyclic) bond motifs is 2. The number of hydrogen-bond acceptors (Lipinski definition) is 7. The van der Waals surface area contributed by atoms with E-state index in [-0.39, 0.29) is 42.0 Å². The van der Waals surface area contributed by atoms with Gasteiger partial charge in [-0.1, -0.05) is 48.6 Å². The zero-order valence-electron chi connectivity index (χ0n) is 22.5. The normalized spacial score (nSPS) is 44.6. The fourth-order valence-corrected chi connectivity index (χ4v) is 10.6. The van der Waals surface area contributed by atoms with Crippen molar-refractivity contribution in [1.29, 1.82) is 0 Å². The van der Waals surface area contributed by atoms with Crippen LogP contribution in [0.15, 0.2) is 30.3 Å². The van der Waals surface area contributed by atoms with Crippen molar-refractivity contribution in [2.24, 2.45) is 0 Å². The first kappa shape index (κ1) is 26.3. The highest BCUT2D eigenvalue weighted by Crippen LogP contribution is 2.56. The quantitative estimate of drug-likeness (QED) is 0.454. The summed E-state index contributed by atoms with van der Waals surface area (Å²) in [5, 5.41) is 11.2. The molecule has 36 heavy (non-hydrogen) atoms. The number of carbonyl (C=O) groups excluding carboxylic acids is 1. The molecule has 4 aliphatic rings. The van der Waals surface area contributed by atoms with Crippen LogP contribution in [0.25, 0.3) is 0 Å². The van der Waals surface area contributed by atoms with Gasteiger partial charge in [0.1, 0.15) is 6.10 Å². The predicted octanol–water partition coefficient (Wildman–Crippen LogP) is 3.68. The van der Waals surface area contributed by atoms with Gasteiger partial charge in [0.2, 0.25) is 0 Å². The smallest absolute Gasteiger partial charge is 0.337 e. The van der Waals surface area contributed by atoms with Crippen LogP contribution in [0.4, 0.5) is 0 Å². The number of ether oxygens (including phenoxy) is 5. The van der Waals surface area contributed by atoms with Gasteiger partial charge in [0.25, 0.3) is 0 Å². The summed E-state index contributed by atoms with van der Waals surface area (Å²) in [5.74, 6) is -1.19. The minimum absolute atomic E-state index is 0.0254. The van der Waals surface area contributed by atoms with E-state index in [0.717, 1.165) is 25.7 Å². The minimum atomic E-state index is -2.09. The van der Waals surface area contributed by atoms with Gasteiger partial charge in [-0.15, -0.1) is 0 Å². The third kappa shape index (κ3) is 4.27. The molecule has 4 heterocycles. The number of aliphatic hydroxyl groups is 1. The van der Waals surface area contributed by atoms with Crippen LogP contribution in [0.1, 0.15) is 59.3 Å². The fourth-order valence-electron chi connectivity index (χ4n) is 7.11. The van der Waals surface area contributed by atoms with Gasteiger partial charge in [-0.25, -0.2) is 4.79 Å². The SMILES string of the molecule is COC(=O)[C@@]1(C)C[C@@H]([Si](C)(C)c2ccccc2)[C@H]([C@H]2C[C@]3(C)CC[C@]([C@H]4CC[C@](C)(CO)O4)(O2)O3)O1. The molecule has 200 valence electrons. The Bertz CT molecular complexity index is 987. The number of benzene rings is 1. The van der Waals surface area contributed by atoms with E-state index in [1.54, 1.807) is 0 Å². The molecule has 7 nitrogen and oxygen atoms in total. The summed E-state index contributed by atoms with van der Waals surface area (Å²) in [6.45, 7) is 10.7. The van der Waals surface area contributed by atoms with Gasteiger partial charge in [0.05, 0.1) is 45.2 Å². The van der Waals surface area contributed by atoms with Gasteiger partial charge >= 0.3 is 5.97 Å². The Balaban J connectivity index is 1.49. The summed E-state index contributed by atoms with van der Waals surface area (Å²) in [6.07, 6.45) is 3.74. The van der Waals surface area contributed by atoms with Crippen molar-refractivity contribution in [2.45, 2.75) is 119 Å². The third-order valence-electron chi connectivity index (χ3n) is 9.42. The third-order valence-corrected chi connectivity index (χ3v) is 13.6. The first-order chi connectivity index (χ1) is 16.9. The van der Waals surface area contributed by atoms with Crippen LogP contribution in [-0.4, -0.2) is 73.8 Å². The molecule has 5 rings (SSSR count). The Labute approximate surface area is 215 Å². The van der Waals surface area contributed by atoms with E-state index in [1.165, 1.54) is 12.3 Å². The molecule has 0 aliphatic carbocycles. The molecule has 8 atom stereocenters. The summed E-state index contributed by atoms with van der Waals surface area (Å²) >= 11 is 0. The number of rotatable bonds is 6. The topological polar surface area (TPSA) is 83.5 Å². The highest BCUT2D eigenvalue weighted by Gasteiger charge is 2.65. The molecule has 0 unspecified atom stereocenters. The zero-order valence-corrected chi connectivity index (χ0v) is 23.5. The predicted molar refractivity (Wildman–Crippen MR) is 138 cm³/mol. The fraction of sp³-hybridized carbons (Fsp3) is 0.750. The van der Waals surface area contributed by atoms with Crippen LogP contribution in [0.3, 0.4) is 0 Å². The molecule has 4 saturated heterocycles. The lowest BCUT2D eigenvalue weighted by molar-refractivity contribution is -0.360. The lowest BCUT2D eigenvalue weighted by Gasteiger charge is -2.48. The van der Waals surface area contributed by atoms with Crippen molar-refractivity contribution < 1.29 is 33.6 Å². The Hall–Kier alpha value is -1.29. The van der Waals surface area contributed by atoms with E-state index < -0.39 is 25.1 Å². The van der Waals surface area contributed by atoms with Gasteiger partial charge in [-0.2, -0.15) is 0 Å². The molecule has 0 saturated carbocycles. The second-order valence-electron chi connectivity index (χ2n) is 12.7. The molecule has 0 amide bonds. The first-order valence-corrected chi connectivity index (χ1v) is 16.4. The maximum absolute atomic E-state index is 12.9. The Morgan fingerprint density at radius 2 is 1.78 bits per heavy atom. The summed E-state index contributed by atoms with van der Waals surface area (Å²) in [6, 6.07) is 10.6. The van der Waals surface area contributed by atoms with E-state index in [9.17, 15) is 9.90 Å². The first-order valence-electron chi connectivity index (χ1n) is 13.4. The summed E-state index contributed by atoms with van der Waals surface area (Å²) in [4.78, 5) is 12.9. The molecule has 1 N–H and O–H groups in total. The summed E-state index contributed by atoms with van der Waals surface area (Å²) in [7, 11) is -0.665. The van der Waals surface area contributed by atoms with Crippen LogP contribution < -0.4 is 5.19 Å². The van der Waals surface area contributed by atoms with Crippen molar-refractivity contribution in [3.63, 3.8) is 0 Å². The average Bonchev–Trinajstić information content (AvgIpc) is 3.52. The lowest BCUT2D eigenvalue weighted by atomic mass is 9.92. The molecular weight excluding hydrogens is 476 g/mol. The van der Waals surface area contributed by atoms with Crippen LogP contribution >= 0.6 is 0 Å². The second-order valence-corrected chi connectivity index (χ2v) is 17.4. The van der Waals surface area contributed by atoms with E-state index >= 15 is 0 Å². The minimum Gasteiger partial charge on any atom is -0.467 e. The molecule has 0 spiro atoms. The van der Waals surface area contributed by atoms with Crippen LogP contribution in [0.5, 0.6) is 0 Å². The average molecular weight is 519 g/mol. The van der Waals surface area contributed by atoms with E-state index in [1.807, 2.05) is 19.9 Å². The number of hydrogen-bond donors (Lipinski definition) is 1. The van der Waals surface area contributed by atoms with Gasteiger partial charge < -0.3 is 28.8 Å². The van der Waals surface area contributed by atoms with Crippen molar-refractivity contribution in [1.82, 2.24) is 0 Å². The van der Waals surface area contributed by atoms with Gasteiger partial charge in [0.15, 0.2) is 11.4 Å². The van der Waals surface area contributed by atoms with E-state index in [4.69, 9.17) is 23.7 Å². The maximum atomic E-state index is 12.9. The number of aliphatic hydroxyl groups excluding tert-OH is 1. The number of carbonyl (C=O) groups is 1. The Morgan fingerprint density at radius 3 is 2.42 bits per heavy atom. The van der Waals surface area contributed by atoms with Crippen molar-refractivity contribution in [3.8, 4) is 0 Å². The monoisotopic (exact) mass is 518 g/mol. The molecular formula is C28H42O7Si. The molecule has 8 heteroatoms. The molecule has 2 bridgehead atoms. The maximum Gasteiger partial charge on any atom is 0.337 e. The summed E-state index contributed by atoms with van der Waals surface area (Å²) in [5.41, 5.74) is -1.78. The van der Waals surface area contributed by atoms with Crippen LogP contribution in [0.2, 0.25) is 18.6 Å². The zero-order chi connectivity index (χ0) is 26.0. The van der Waals surface area contributed by atoms with E-state index in [0.29, 0.717) is 12.8 Å². The van der Waals surface area contributed by atoms with Gasteiger partial charge in [-0.05, 0) is 52.0 Å². The molecule has 0 aromatic heterocycles. The summed E-state index contributed by atoms with van der Waals surface area (Å²) < 4.78 is 31.8. The largest absolute Gasteiger partial charge is 0.467 e. The van der Waals surface area contributed by atoms with Crippen molar-refractivity contribution in [2.75, 3.05) is 13.7 Å². The van der Waals surface area contributed by atoms with Crippen LogP contribution in [-0.2, 0) is 28.5 Å². The molecule has 4 aliphatic heterocycles. The molecule has 4 fully saturated rings. The van der Waals surface area contributed by atoms with E-state index in [2.05, 4.69) is 44.3 Å². The molecule has 1 aromatic rings. The lowest BCUT2D eigenvalue weighted by Crippen LogP contribution is -2.59. The van der Waals surface area contributed by atoms with Gasteiger partial charge in [0, 0.05) is 12.8 Å². The standard InChI is InChI=1S/C28H42O7Si/c1-25-14-15-28(35-25,22-12-13-26(2,18-29)33-22)32-20(16-25)23-21(17-27(3,34-23)24(30)31-4)36(5,6)19-10-8-7-9-11-19/h7-11,20-23,29H,12-18H2,1-6H3/t20-,21-,22-,23+,25+,26-,27-,28+/m1/s1.